The largest absolute Gasteiger partial charge is 0.472 e. The van der Waals surface area contributed by atoms with Gasteiger partial charge in [-0.2, -0.15) is 0 Å². The van der Waals surface area contributed by atoms with Crippen LogP contribution in [0.3, 0.4) is 0 Å². The van der Waals surface area contributed by atoms with Gasteiger partial charge in [0.2, 0.25) is 0 Å². The molecule has 0 saturated carbocycles. The summed E-state index contributed by atoms with van der Waals surface area (Å²) in [6.45, 7) is 4.55. The molecule has 0 aliphatic carbocycles. The van der Waals surface area contributed by atoms with Gasteiger partial charge in [0.15, 0.2) is 12.2 Å². The van der Waals surface area contributed by atoms with E-state index in [4.69, 9.17) is 37.0 Å². The minimum absolute atomic E-state index is 0.0316. The fourth-order valence-electron chi connectivity index (χ4n) is 10.9. The molecule has 0 spiro atoms. The van der Waals surface area contributed by atoms with Crippen molar-refractivity contribution in [3.63, 3.8) is 0 Å². The van der Waals surface area contributed by atoms with Crippen LogP contribution in [0.2, 0.25) is 0 Å². The van der Waals surface area contributed by atoms with Gasteiger partial charge in [0.25, 0.3) is 0 Å². The summed E-state index contributed by atoms with van der Waals surface area (Å²) in [5.41, 5.74) is 0. The van der Waals surface area contributed by atoms with Gasteiger partial charge in [-0.1, -0.05) is 302 Å². The van der Waals surface area contributed by atoms with Crippen LogP contribution in [0.5, 0.6) is 0 Å². The van der Waals surface area contributed by atoms with Crippen LogP contribution in [0.25, 0.3) is 0 Å². The third-order valence-electron chi connectivity index (χ3n) is 17.3. The van der Waals surface area contributed by atoms with Crippen LogP contribution in [-0.2, 0) is 65.4 Å². The number of ether oxygens (including phenoxy) is 4. The molecule has 0 aromatic carbocycles. The molecular formula is C89H150O17P2. The Hall–Kier alpha value is -5.06. The highest BCUT2D eigenvalue weighted by Gasteiger charge is 2.30. The van der Waals surface area contributed by atoms with Crippen molar-refractivity contribution in [3.8, 4) is 0 Å². The summed E-state index contributed by atoms with van der Waals surface area (Å²) in [6.07, 6.45) is 92.5. The van der Waals surface area contributed by atoms with Crippen LogP contribution in [-0.4, -0.2) is 96.7 Å². The van der Waals surface area contributed by atoms with Gasteiger partial charge < -0.3 is 33.8 Å². The van der Waals surface area contributed by atoms with Gasteiger partial charge in [0.05, 0.1) is 26.4 Å². The number of phosphoric acid groups is 2. The smallest absolute Gasteiger partial charge is 0.462 e. The first kappa shape index (κ1) is 103. The van der Waals surface area contributed by atoms with Crippen molar-refractivity contribution in [2.75, 3.05) is 39.6 Å². The zero-order valence-electron chi connectivity index (χ0n) is 67.7. The second-order valence-corrected chi connectivity index (χ2v) is 30.6. The normalized spacial score (nSPS) is 14.5. The Morgan fingerprint density at radius 1 is 0.269 bits per heavy atom. The monoisotopic (exact) mass is 1550 g/mol. The second-order valence-electron chi connectivity index (χ2n) is 27.6. The molecule has 5 unspecified atom stereocenters. The predicted molar refractivity (Wildman–Crippen MR) is 445 cm³/mol. The number of esters is 4. The Balaban J connectivity index is 5.45. The Labute approximate surface area is 656 Å². The highest BCUT2D eigenvalue weighted by molar-refractivity contribution is 7.47. The van der Waals surface area contributed by atoms with E-state index in [1.807, 2.05) is 18.2 Å². The van der Waals surface area contributed by atoms with Gasteiger partial charge in [-0.25, -0.2) is 9.13 Å². The molecule has 3 N–H and O–H groups in total. The van der Waals surface area contributed by atoms with E-state index in [1.54, 1.807) is 0 Å². The zero-order chi connectivity index (χ0) is 78.9. The van der Waals surface area contributed by atoms with Crippen LogP contribution < -0.4 is 0 Å². The van der Waals surface area contributed by atoms with E-state index < -0.39 is 97.5 Å². The lowest BCUT2D eigenvalue weighted by molar-refractivity contribution is -0.161. The molecule has 0 aliphatic heterocycles. The Bertz CT molecular complexity index is 2610. The number of unbranched alkanes of at least 4 members (excludes halogenated alkanes) is 28. The molecule has 17 nitrogen and oxygen atoms in total. The number of phosphoric ester groups is 2. The van der Waals surface area contributed by atoms with E-state index in [2.05, 4.69) is 155 Å². The first-order valence-electron chi connectivity index (χ1n) is 42.1. The molecule has 0 aromatic rings. The van der Waals surface area contributed by atoms with Crippen molar-refractivity contribution < 1.29 is 80.2 Å². The molecule has 0 heterocycles. The second kappa shape index (κ2) is 80.0. The van der Waals surface area contributed by atoms with Crippen LogP contribution in [0, 0.1) is 0 Å². The van der Waals surface area contributed by atoms with Crippen molar-refractivity contribution in [3.05, 3.63) is 146 Å². The van der Waals surface area contributed by atoms with Crippen molar-refractivity contribution in [2.45, 2.75) is 354 Å². The van der Waals surface area contributed by atoms with Gasteiger partial charge in [0.1, 0.15) is 19.3 Å². The third kappa shape index (κ3) is 79.0. The number of allylic oxidation sites excluding steroid dienone is 24. The Morgan fingerprint density at radius 2 is 0.500 bits per heavy atom. The summed E-state index contributed by atoms with van der Waals surface area (Å²) in [5.74, 6) is -2.30. The quantitative estimate of drug-likeness (QED) is 0.0169. The molecule has 0 amide bonds. The fourth-order valence-corrected chi connectivity index (χ4v) is 12.5. The number of hydrogen-bond donors (Lipinski definition) is 3. The molecule has 0 fully saturated rings. The zero-order valence-corrected chi connectivity index (χ0v) is 69.5. The van der Waals surface area contributed by atoms with E-state index in [-0.39, 0.29) is 25.7 Å². The maximum absolute atomic E-state index is 13.1. The lowest BCUT2D eigenvalue weighted by atomic mass is 10.1. The van der Waals surface area contributed by atoms with Gasteiger partial charge in [0, 0.05) is 25.7 Å². The molecule has 0 rings (SSSR count). The van der Waals surface area contributed by atoms with E-state index >= 15 is 0 Å². The van der Waals surface area contributed by atoms with Crippen molar-refractivity contribution in [2.24, 2.45) is 0 Å². The summed E-state index contributed by atoms with van der Waals surface area (Å²) in [4.78, 5) is 73.2. The first-order chi connectivity index (χ1) is 52.7. The molecule has 108 heavy (non-hydrogen) atoms. The minimum Gasteiger partial charge on any atom is -0.462 e. The molecule has 5 atom stereocenters. The molecule has 618 valence electrons. The Kier molecular flexibility index (Phi) is 76.3. The fraction of sp³-hybridized carbons (Fsp3) is 0.685. The highest BCUT2D eigenvalue weighted by Crippen LogP contribution is 2.45. The molecule has 0 aromatic heterocycles. The summed E-state index contributed by atoms with van der Waals surface area (Å²) in [6, 6.07) is 0. The number of rotatable bonds is 78. The molecular weight excluding hydrogens is 1400 g/mol. The van der Waals surface area contributed by atoms with Gasteiger partial charge >= 0.3 is 39.5 Å². The van der Waals surface area contributed by atoms with Gasteiger partial charge in [-0.15, -0.1) is 0 Å². The lowest BCUT2D eigenvalue weighted by Gasteiger charge is -2.21. The first-order valence-corrected chi connectivity index (χ1v) is 45.1. The summed E-state index contributed by atoms with van der Waals surface area (Å²) in [7, 11) is -10.00. The lowest BCUT2D eigenvalue weighted by Crippen LogP contribution is -2.30. The van der Waals surface area contributed by atoms with Crippen molar-refractivity contribution in [1.29, 1.82) is 0 Å². The van der Waals surface area contributed by atoms with Gasteiger partial charge in [-0.3, -0.25) is 37.3 Å². The number of hydrogen-bond acceptors (Lipinski definition) is 15. The number of carbonyl (C=O) groups excluding carboxylic acids is 4. The van der Waals surface area contributed by atoms with Gasteiger partial charge in [-0.05, 0) is 154 Å². The summed E-state index contributed by atoms with van der Waals surface area (Å²) in [5, 5.41) is 10.7. The SMILES string of the molecule is CC/C=C\C/C=C\C/C=C\C/C=C\C/C=C\C/C=C\CCC(=O)OCC(COP(=O)(O)OCC(O)COP(=O)(O)OCC(COC(=O)CCCCCCCC/C=C\C/C=C\C/C=C\C/C=C\CC)OC(=O)CCCCCCC/C=C\CCCCCCCC)OC(=O)CCCCCCC/C=C\CCCCCCCC. The van der Waals surface area contributed by atoms with E-state index in [0.29, 0.717) is 32.1 Å². The standard InChI is InChI=1S/C89H150O17P2/c1-5-9-13-17-21-25-29-33-37-39-41-43-47-49-53-57-61-65-69-73-86(91)99-79-84(105-88(93)75-71-67-63-59-55-51-45-35-31-27-23-19-15-11-7-3)81-103-107(95,96)101-77-83(90)78-102-108(97,98)104-82-85(106-89(94)76-72-68-64-60-56-52-46-36-32-28-24-20-16-12-8-4)80-100-87(92)74-70-66-62-58-54-50-48-44-42-40-38-34-30-26-22-18-14-10-6-2/h9-10,13-14,21-22,25-26,33-38,41-46,49,53,61,65,83-85,90H,5-8,11-12,15-20,23-24,27-32,39-40,47-48,50-52,54-60,62-64,66-82H2,1-4H3,(H,95,96)(H,97,98)/b13-9-,14-10-,25-21-,26-22-,37-33-,38-34-,43-41-,44-42-,45-35-,46-36-,53-49-,65-61-. The topological polar surface area (TPSA) is 237 Å². The summed E-state index contributed by atoms with van der Waals surface area (Å²) < 4.78 is 68.7. The average Bonchev–Trinajstić information content (AvgIpc) is 0.923. The Morgan fingerprint density at radius 3 is 0.806 bits per heavy atom. The van der Waals surface area contributed by atoms with Crippen LogP contribution >= 0.6 is 15.6 Å². The molecule has 0 aliphatic rings. The van der Waals surface area contributed by atoms with Crippen molar-refractivity contribution >= 4 is 39.5 Å². The van der Waals surface area contributed by atoms with E-state index in [1.165, 1.54) is 77.0 Å². The molecule has 0 saturated heterocycles. The van der Waals surface area contributed by atoms with Crippen LogP contribution in [0.4, 0.5) is 0 Å². The van der Waals surface area contributed by atoms with E-state index in [9.17, 15) is 43.2 Å². The number of aliphatic hydroxyl groups excluding tert-OH is 1. The maximum atomic E-state index is 13.1. The predicted octanol–water partition coefficient (Wildman–Crippen LogP) is 25.0. The summed E-state index contributed by atoms with van der Waals surface area (Å²) >= 11 is 0. The third-order valence-corrected chi connectivity index (χ3v) is 19.2. The molecule has 0 radical (unpaired) electrons. The number of aliphatic hydroxyl groups is 1. The average molecular weight is 1550 g/mol. The van der Waals surface area contributed by atoms with Crippen LogP contribution in [0.1, 0.15) is 336 Å². The van der Waals surface area contributed by atoms with E-state index in [0.717, 1.165) is 173 Å². The molecule has 19 heteroatoms. The van der Waals surface area contributed by atoms with Crippen LogP contribution in [0.15, 0.2) is 146 Å². The molecule has 0 bridgehead atoms. The van der Waals surface area contributed by atoms with Crippen molar-refractivity contribution in [1.82, 2.24) is 0 Å². The highest BCUT2D eigenvalue weighted by atomic mass is 31.2. The maximum Gasteiger partial charge on any atom is 0.472 e. The number of carbonyl (C=O) groups is 4. The minimum atomic E-state index is -5.00.